The highest BCUT2D eigenvalue weighted by molar-refractivity contribution is 5.98. The molecule has 0 aliphatic carbocycles. The minimum Gasteiger partial charge on any atom is -0.395 e. The number of nitrogen functional groups attached to an aromatic ring is 1. The van der Waals surface area contributed by atoms with Gasteiger partial charge in [-0.2, -0.15) is 5.10 Å². The van der Waals surface area contributed by atoms with E-state index in [1.54, 1.807) is 0 Å². The molecule has 3 N–H and O–H groups in total. The van der Waals surface area contributed by atoms with Gasteiger partial charge in [-0.3, -0.25) is 9.89 Å². The van der Waals surface area contributed by atoms with Crippen LogP contribution in [0.1, 0.15) is 62.6 Å². The first-order valence-corrected chi connectivity index (χ1v) is 7.08. The number of nitrogens with one attached hydrogen (secondary N) is 1. The number of hydrogen-bond acceptors (Lipinski definition) is 3. The molecule has 106 valence electrons. The highest BCUT2D eigenvalue weighted by atomic mass is 16.2. The fourth-order valence-corrected chi connectivity index (χ4v) is 2.73. The summed E-state index contributed by atoms with van der Waals surface area (Å²) in [6.07, 6.45) is 2.23. The third-order valence-electron chi connectivity index (χ3n) is 4.25. The maximum absolute atomic E-state index is 12.6. The van der Waals surface area contributed by atoms with Crippen molar-refractivity contribution in [2.45, 2.75) is 52.5 Å². The van der Waals surface area contributed by atoms with Crippen molar-refractivity contribution in [1.29, 1.82) is 0 Å². The van der Waals surface area contributed by atoms with Crippen LogP contribution in [-0.2, 0) is 0 Å². The molecule has 1 amide bonds. The van der Waals surface area contributed by atoms with Gasteiger partial charge in [0, 0.05) is 12.6 Å². The number of rotatable bonds is 2. The summed E-state index contributed by atoms with van der Waals surface area (Å²) in [4.78, 5) is 14.5. The molecule has 2 rings (SSSR count). The second-order valence-corrected chi connectivity index (χ2v) is 5.91. The first-order chi connectivity index (χ1) is 8.93. The zero-order valence-corrected chi connectivity index (χ0v) is 12.2. The van der Waals surface area contributed by atoms with Gasteiger partial charge in [0.2, 0.25) is 0 Å². The van der Waals surface area contributed by atoms with E-state index >= 15 is 0 Å². The molecule has 1 aliphatic heterocycles. The number of anilines is 1. The first kappa shape index (κ1) is 13.9. The Morgan fingerprint density at radius 3 is 2.74 bits per heavy atom. The van der Waals surface area contributed by atoms with E-state index < -0.39 is 0 Å². The van der Waals surface area contributed by atoms with E-state index in [2.05, 4.69) is 24.0 Å². The van der Waals surface area contributed by atoms with Gasteiger partial charge < -0.3 is 10.6 Å². The summed E-state index contributed by atoms with van der Waals surface area (Å²) in [5.74, 6) is 0.730. The van der Waals surface area contributed by atoms with E-state index in [9.17, 15) is 4.79 Å². The summed E-state index contributed by atoms with van der Waals surface area (Å²) in [6, 6.07) is 0.250. The van der Waals surface area contributed by atoms with Gasteiger partial charge >= 0.3 is 0 Å². The molecule has 1 fully saturated rings. The summed E-state index contributed by atoms with van der Waals surface area (Å²) >= 11 is 0. The number of carbonyl (C=O) groups is 1. The summed E-state index contributed by atoms with van der Waals surface area (Å²) in [6.45, 7) is 9.16. The molecular formula is C14H24N4O. The Morgan fingerprint density at radius 1 is 1.47 bits per heavy atom. The lowest BCUT2D eigenvalue weighted by atomic mass is 9.92. The van der Waals surface area contributed by atoms with Crippen molar-refractivity contribution in [1.82, 2.24) is 15.1 Å². The van der Waals surface area contributed by atoms with Crippen molar-refractivity contribution in [3.8, 4) is 0 Å². The Morgan fingerprint density at radius 2 is 2.16 bits per heavy atom. The maximum atomic E-state index is 12.6. The molecule has 0 aromatic carbocycles. The molecule has 0 radical (unpaired) electrons. The van der Waals surface area contributed by atoms with Crippen molar-refractivity contribution in [2.75, 3.05) is 12.3 Å². The number of nitrogens with zero attached hydrogens (tertiary/aromatic N) is 2. The Kier molecular flexibility index (Phi) is 3.83. The van der Waals surface area contributed by atoms with Gasteiger partial charge in [0.1, 0.15) is 0 Å². The molecule has 19 heavy (non-hydrogen) atoms. The van der Waals surface area contributed by atoms with Gasteiger partial charge in [0.25, 0.3) is 5.91 Å². The lowest BCUT2D eigenvalue weighted by Gasteiger charge is -2.37. The minimum absolute atomic E-state index is 0.0419. The van der Waals surface area contributed by atoms with E-state index in [1.807, 2.05) is 18.7 Å². The molecule has 2 atom stereocenters. The predicted octanol–water partition coefficient (Wildman–Crippen LogP) is 2.38. The minimum atomic E-state index is -0.0419. The number of aromatic nitrogens is 2. The van der Waals surface area contributed by atoms with Crippen LogP contribution in [-0.4, -0.2) is 33.6 Å². The van der Waals surface area contributed by atoms with E-state index in [-0.39, 0.29) is 17.9 Å². The predicted molar refractivity (Wildman–Crippen MR) is 76.0 cm³/mol. The average molecular weight is 264 g/mol. The maximum Gasteiger partial charge on any atom is 0.276 e. The van der Waals surface area contributed by atoms with Crippen LogP contribution in [0.3, 0.4) is 0 Å². The zero-order valence-electron chi connectivity index (χ0n) is 12.2. The van der Waals surface area contributed by atoms with E-state index in [0.29, 0.717) is 17.3 Å². The number of aromatic amines is 1. The lowest BCUT2D eigenvalue weighted by molar-refractivity contribution is 0.0546. The Balaban J connectivity index is 2.24. The lowest BCUT2D eigenvalue weighted by Crippen LogP contribution is -2.46. The van der Waals surface area contributed by atoms with Crippen LogP contribution in [0.15, 0.2) is 0 Å². The van der Waals surface area contributed by atoms with Gasteiger partial charge in [0.05, 0.1) is 11.4 Å². The second kappa shape index (κ2) is 5.23. The average Bonchev–Trinajstić information content (AvgIpc) is 2.74. The number of amides is 1. The Labute approximate surface area is 114 Å². The van der Waals surface area contributed by atoms with Crippen LogP contribution in [0.25, 0.3) is 0 Å². The molecule has 2 unspecified atom stereocenters. The quantitative estimate of drug-likeness (QED) is 0.861. The van der Waals surface area contributed by atoms with Gasteiger partial charge in [0.15, 0.2) is 5.69 Å². The molecule has 1 aromatic rings. The van der Waals surface area contributed by atoms with Crippen molar-refractivity contribution in [3.63, 3.8) is 0 Å². The van der Waals surface area contributed by atoms with Crippen LogP contribution >= 0.6 is 0 Å². The molecule has 1 saturated heterocycles. The van der Waals surface area contributed by atoms with Gasteiger partial charge in [-0.1, -0.05) is 20.8 Å². The number of hydrogen-bond donors (Lipinski definition) is 2. The number of piperidine rings is 1. The highest BCUT2D eigenvalue weighted by Gasteiger charge is 2.31. The van der Waals surface area contributed by atoms with Crippen LogP contribution in [0.5, 0.6) is 0 Å². The van der Waals surface area contributed by atoms with Crippen molar-refractivity contribution < 1.29 is 4.79 Å². The summed E-state index contributed by atoms with van der Waals surface area (Å²) < 4.78 is 0. The zero-order chi connectivity index (χ0) is 14.2. The van der Waals surface area contributed by atoms with Gasteiger partial charge in [-0.25, -0.2) is 0 Å². The van der Waals surface area contributed by atoms with E-state index in [4.69, 9.17) is 5.73 Å². The number of H-pyrrole nitrogens is 1. The molecule has 2 heterocycles. The standard InChI is InChI=1S/C14H24N4O/c1-8(2)12-11(15)13(17-16-12)14(19)18-7-5-6-9(3)10(18)4/h8-10H,5-7,15H2,1-4H3,(H,16,17). The third kappa shape index (κ3) is 2.46. The molecule has 0 spiro atoms. The fraction of sp³-hybridized carbons (Fsp3) is 0.714. The number of carbonyl (C=O) groups excluding carboxylic acids is 1. The van der Waals surface area contributed by atoms with Gasteiger partial charge in [-0.15, -0.1) is 0 Å². The molecule has 1 aromatic heterocycles. The number of nitrogens with two attached hydrogens (primary N) is 1. The van der Waals surface area contributed by atoms with Crippen molar-refractivity contribution >= 4 is 11.6 Å². The second-order valence-electron chi connectivity index (χ2n) is 5.91. The third-order valence-corrected chi connectivity index (χ3v) is 4.25. The Hall–Kier alpha value is -1.52. The Bertz CT molecular complexity index is 466. The molecule has 0 bridgehead atoms. The largest absolute Gasteiger partial charge is 0.395 e. The van der Waals surface area contributed by atoms with Crippen LogP contribution in [0.2, 0.25) is 0 Å². The van der Waals surface area contributed by atoms with Crippen LogP contribution in [0.4, 0.5) is 5.69 Å². The summed E-state index contributed by atoms with van der Waals surface area (Å²) in [5, 5.41) is 7.03. The van der Waals surface area contributed by atoms with E-state index in [0.717, 1.165) is 18.7 Å². The molecule has 0 saturated carbocycles. The topological polar surface area (TPSA) is 75.0 Å². The summed E-state index contributed by atoms with van der Waals surface area (Å²) in [5.41, 5.74) is 7.78. The highest BCUT2D eigenvalue weighted by Crippen LogP contribution is 2.27. The SMILES string of the molecule is CC(C)c1[nH]nc(C(=O)N2CCCC(C)C2C)c1N. The fourth-order valence-electron chi connectivity index (χ4n) is 2.73. The molecule has 5 heteroatoms. The first-order valence-electron chi connectivity index (χ1n) is 7.08. The van der Waals surface area contributed by atoms with Crippen molar-refractivity contribution in [2.24, 2.45) is 5.92 Å². The molecular weight excluding hydrogens is 240 g/mol. The summed E-state index contributed by atoms with van der Waals surface area (Å²) in [7, 11) is 0. The van der Waals surface area contributed by atoms with Crippen LogP contribution < -0.4 is 5.73 Å². The number of likely N-dealkylation sites (tertiary alicyclic amines) is 1. The van der Waals surface area contributed by atoms with E-state index in [1.165, 1.54) is 6.42 Å². The van der Waals surface area contributed by atoms with Crippen LogP contribution in [0, 0.1) is 5.92 Å². The normalized spacial score (nSPS) is 23.9. The molecule has 5 nitrogen and oxygen atoms in total. The molecule has 1 aliphatic rings. The smallest absolute Gasteiger partial charge is 0.276 e. The van der Waals surface area contributed by atoms with Gasteiger partial charge in [-0.05, 0) is 31.6 Å². The monoisotopic (exact) mass is 264 g/mol. The van der Waals surface area contributed by atoms with Crippen molar-refractivity contribution in [3.05, 3.63) is 11.4 Å².